The minimum atomic E-state index is -3.16. The Morgan fingerprint density at radius 1 is 1.29 bits per heavy atom. The minimum Gasteiger partial charge on any atom is -0.432 e. The molecule has 2 aromatic heterocycles. The number of carbonyl (C=O) groups is 1. The molecule has 1 amide bonds. The molecule has 0 atom stereocenters. The van der Waals surface area contributed by atoms with Crippen LogP contribution >= 0.6 is 11.6 Å². The maximum atomic E-state index is 13.3. The van der Waals surface area contributed by atoms with E-state index in [1.807, 2.05) is 0 Å². The molecule has 7 nitrogen and oxygen atoms in total. The second-order valence-electron chi connectivity index (χ2n) is 5.84. The van der Waals surface area contributed by atoms with Gasteiger partial charge in [-0.05, 0) is 32.0 Å². The summed E-state index contributed by atoms with van der Waals surface area (Å²) in [5.74, 6) is -1.93. The molecule has 0 aliphatic carbocycles. The lowest BCUT2D eigenvalue weighted by Gasteiger charge is -2.11. The van der Waals surface area contributed by atoms with Crippen LogP contribution in [0.1, 0.15) is 21.9 Å². The van der Waals surface area contributed by atoms with E-state index in [0.717, 1.165) is 23.9 Å². The highest BCUT2D eigenvalue weighted by Gasteiger charge is 2.16. The van der Waals surface area contributed by atoms with Crippen molar-refractivity contribution in [2.45, 2.75) is 27.1 Å². The first-order valence-electron chi connectivity index (χ1n) is 8.03. The molecule has 0 saturated heterocycles. The number of halogens is 4. The van der Waals surface area contributed by atoms with Gasteiger partial charge in [0.2, 0.25) is 0 Å². The number of carbonyl (C=O) groups excluding carboxylic acids is 1. The van der Waals surface area contributed by atoms with Crippen LogP contribution in [0.3, 0.4) is 0 Å². The van der Waals surface area contributed by atoms with E-state index in [9.17, 15) is 18.0 Å². The lowest BCUT2D eigenvalue weighted by molar-refractivity contribution is -0.0495. The molecular formula is C17H15ClF3N5O2. The Balaban J connectivity index is 1.75. The van der Waals surface area contributed by atoms with E-state index in [4.69, 9.17) is 11.6 Å². The second-order valence-corrected chi connectivity index (χ2v) is 6.22. The third-order valence-electron chi connectivity index (χ3n) is 3.85. The average molecular weight is 414 g/mol. The number of alkyl halides is 2. The Bertz CT molecular complexity index is 1020. The Labute approximate surface area is 162 Å². The number of anilines is 1. The molecule has 3 rings (SSSR count). The molecule has 11 heteroatoms. The summed E-state index contributed by atoms with van der Waals surface area (Å²) in [6, 6.07) is 4.34. The molecule has 1 N–H and O–H groups in total. The maximum Gasteiger partial charge on any atom is 0.387 e. The van der Waals surface area contributed by atoms with Gasteiger partial charge in [-0.15, -0.1) is 0 Å². The van der Waals surface area contributed by atoms with Crippen molar-refractivity contribution < 1.29 is 22.7 Å². The second kappa shape index (κ2) is 7.93. The fourth-order valence-corrected chi connectivity index (χ4v) is 2.63. The number of aromatic nitrogens is 4. The highest BCUT2D eigenvalue weighted by atomic mass is 35.5. The zero-order chi connectivity index (χ0) is 20.4. The topological polar surface area (TPSA) is 74.0 Å². The van der Waals surface area contributed by atoms with Gasteiger partial charge in [0.1, 0.15) is 12.5 Å². The Morgan fingerprint density at radius 2 is 2.04 bits per heavy atom. The molecule has 0 bridgehead atoms. The molecule has 2 heterocycles. The van der Waals surface area contributed by atoms with Crippen molar-refractivity contribution in [1.29, 1.82) is 0 Å². The molecular weight excluding hydrogens is 399 g/mol. The number of ether oxygens (including phenoxy) is 1. The Morgan fingerprint density at radius 3 is 2.68 bits per heavy atom. The van der Waals surface area contributed by atoms with E-state index in [1.165, 1.54) is 10.7 Å². The molecule has 28 heavy (non-hydrogen) atoms. The van der Waals surface area contributed by atoms with Crippen molar-refractivity contribution in [1.82, 2.24) is 19.6 Å². The van der Waals surface area contributed by atoms with Crippen LogP contribution in [0.25, 0.3) is 0 Å². The van der Waals surface area contributed by atoms with Gasteiger partial charge in [0, 0.05) is 12.3 Å². The quantitative estimate of drug-likeness (QED) is 0.666. The SMILES string of the molecule is Cc1nn(Cn2ccc(C(=O)Nc3ccc(F)cc3OC(F)F)n2)c(C)c1Cl. The number of rotatable bonds is 6. The predicted octanol–water partition coefficient (Wildman–Crippen LogP) is 3.85. The smallest absolute Gasteiger partial charge is 0.387 e. The van der Waals surface area contributed by atoms with E-state index >= 15 is 0 Å². The van der Waals surface area contributed by atoms with Crippen molar-refractivity contribution in [2.24, 2.45) is 0 Å². The lowest BCUT2D eigenvalue weighted by atomic mass is 10.2. The standard InChI is InChI=1S/C17H15ClF3N5O2/c1-9-15(18)10(2)26(23-9)8-25-6-5-13(24-25)16(27)22-12-4-3-11(19)7-14(12)28-17(20)21/h3-7,17H,8H2,1-2H3,(H,22,27). The van der Waals surface area contributed by atoms with Crippen molar-refractivity contribution in [3.05, 3.63) is 58.4 Å². The summed E-state index contributed by atoms with van der Waals surface area (Å²) in [5, 5.41) is 11.3. The lowest BCUT2D eigenvalue weighted by Crippen LogP contribution is -2.16. The first-order valence-corrected chi connectivity index (χ1v) is 8.41. The number of nitrogens with one attached hydrogen (secondary N) is 1. The van der Waals surface area contributed by atoms with E-state index in [2.05, 4.69) is 20.3 Å². The highest BCUT2D eigenvalue weighted by molar-refractivity contribution is 6.31. The van der Waals surface area contributed by atoms with Gasteiger partial charge in [-0.1, -0.05) is 11.6 Å². The number of aryl methyl sites for hydroxylation is 1. The monoisotopic (exact) mass is 413 g/mol. The van der Waals surface area contributed by atoms with Gasteiger partial charge >= 0.3 is 6.61 Å². The molecule has 3 aromatic rings. The van der Waals surface area contributed by atoms with Gasteiger partial charge in [0.15, 0.2) is 11.4 Å². The van der Waals surface area contributed by atoms with Gasteiger partial charge in [-0.25, -0.2) is 9.07 Å². The molecule has 0 saturated carbocycles. The summed E-state index contributed by atoms with van der Waals surface area (Å²) < 4.78 is 45.5. The first kappa shape index (κ1) is 19.7. The number of amides is 1. The summed E-state index contributed by atoms with van der Waals surface area (Å²) in [6.45, 7) is 0.640. The predicted molar refractivity (Wildman–Crippen MR) is 95.3 cm³/mol. The fourth-order valence-electron chi connectivity index (χ4n) is 2.49. The van der Waals surface area contributed by atoms with Gasteiger partial charge in [-0.2, -0.15) is 19.0 Å². The normalized spacial score (nSPS) is 11.1. The summed E-state index contributed by atoms with van der Waals surface area (Å²) in [4.78, 5) is 12.4. The van der Waals surface area contributed by atoms with Crippen LogP contribution in [0.15, 0.2) is 30.5 Å². The van der Waals surface area contributed by atoms with Gasteiger partial charge < -0.3 is 10.1 Å². The maximum absolute atomic E-state index is 13.3. The van der Waals surface area contributed by atoms with E-state index in [-0.39, 0.29) is 18.1 Å². The largest absolute Gasteiger partial charge is 0.432 e. The molecule has 0 fully saturated rings. The zero-order valence-electron chi connectivity index (χ0n) is 14.8. The third kappa shape index (κ3) is 4.28. The van der Waals surface area contributed by atoms with Crippen molar-refractivity contribution in [2.75, 3.05) is 5.32 Å². The van der Waals surface area contributed by atoms with Crippen LogP contribution in [0.2, 0.25) is 5.02 Å². The number of benzene rings is 1. The molecule has 0 unspecified atom stereocenters. The van der Waals surface area contributed by atoms with E-state index < -0.39 is 24.1 Å². The van der Waals surface area contributed by atoms with E-state index in [1.54, 1.807) is 24.7 Å². The van der Waals surface area contributed by atoms with Crippen molar-refractivity contribution >= 4 is 23.2 Å². The summed E-state index contributed by atoms with van der Waals surface area (Å²) in [6.07, 6.45) is 1.56. The molecule has 148 valence electrons. The Kier molecular flexibility index (Phi) is 5.59. The zero-order valence-corrected chi connectivity index (χ0v) is 15.5. The number of hydrogen-bond donors (Lipinski definition) is 1. The molecule has 0 spiro atoms. The van der Waals surface area contributed by atoms with Crippen LogP contribution in [0.4, 0.5) is 18.9 Å². The number of nitrogens with zero attached hydrogens (tertiary/aromatic N) is 4. The van der Waals surface area contributed by atoms with Crippen LogP contribution in [-0.2, 0) is 6.67 Å². The van der Waals surface area contributed by atoms with Crippen molar-refractivity contribution in [3.8, 4) is 5.75 Å². The van der Waals surface area contributed by atoms with Crippen LogP contribution in [0, 0.1) is 19.7 Å². The van der Waals surface area contributed by atoms with Gasteiger partial charge in [0.25, 0.3) is 5.91 Å². The summed E-state index contributed by atoms with van der Waals surface area (Å²) in [5.41, 5.74) is 1.35. The molecule has 0 aliphatic rings. The van der Waals surface area contributed by atoms with E-state index in [0.29, 0.717) is 10.7 Å². The molecule has 1 aromatic carbocycles. The van der Waals surface area contributed by atoms with Gasteiger partial charge in [0.05, 0.1) is 22.1 Å². The van der Waals surface area contributed by atoms with Crippen LogP contribution in [-0.4, -0.2) is 32.1 Å². The third-order valence-corrected chi connectivity index (χ3v) is 4.40. The molecule has 0 aliphatic heterocycles. The van der Waals surface area contributed by atoms with Crippen LogP contribution < -0.4 is 10.1 Å². The average Bonchev–Trinajstić information content (AvgIpc) is 3.18. The minimum absolute atomic E-state index is 0.0277. The number of hydrogen-bond acceptors (Lipinski definition) is 4. The van der Waals surface area contributed by atoms with Gasteiger partial charge in [-0.3, -0.25) is 9.48 Å². The Hall–Kier alpha value is -3.01. The summed E-state index contributed by atoms with van der Waals surface area (Å²) >= 11 is 6.10. The first-order chi connectivity index (χ1) is 13.2. The summed E-state index contributed by atoms with van der Waals surface area (Å²) in [7, 11) is 0. The van der Waals surface area contributed by atoms with Crippen molar-refractivity contribution in [3.63, 3.8) is 0 Å². The van der Waals surface area contributed by atoms with Crippen LogP contribution in [0.5, 0.6) is 5.75 Å². The fraction of sp³-hybridized carbons (Fsp3) is 0.235. The molecule has 0 radical (unpaired) electrons. The highest BCUT2D eigenvalue weighted by Crippen LogP contribution is 2.27.